The van der Waals surface area contributed by atoms with E-state index in [0.29, 0.717) is 0 Å². The molecule has 0 aromatic heterocycles. The highest BCUT2D eigenvalue weighted by atomic mass is 16.9. The number of methoxy groups -OCH3 is 1. The van der Waals surface area contributed by atoms with Gasteiger partial charge in [0.1, 0.15) is 0 Å². The number of hydrogen-bond donors (Lipinski definition) is 0. The van der Waals surface area contributed by atoms with Crippen molar-refractivity contribution < 1.29 is 14.3 Å². The summed E-state index contributed by atoms with van der Waals surface area (Å²) in [6.45, 7) is 7.20. The van der Waals surface area contributed by atoms with E-state index in [9.17, 15) is 0 Å². The molecule has 0 atom stereocenters. The van der Waals surface area contributed by atoms with Crippen LogP contribution in [-0.4, -0.2) is 43.0 Å². The number of unbranched alkanes of at least 4 members (excludes halogenated alkanes) is 1. The van der Waals surface area contributed by atoms with Gasteiger partial charge in [-0.1, -0.05) is 13.3 Å². The van der Waals surface area contributed by atoms with E-state index in [0.717, 1.165) is 6.73 Å². The van der Waals surface area contributed by atoms with E-state index >= 15 is 0 Å². The van der Waals surface area contributed by atoms with Crippen molar-refractivity contribution in [2.24, 2.45) is 0 Å². The maximum absolute atomic E-state index is 8.25. The molecule has 0 bridgehead atoms. The molecule has 16 heavy (non-hydrogen) atoms. The van der Waals surface area contributed by atoms with Crippen LogP contribution in [0.1, 0.15) is 32.6 Å². The molecule has 1 rings (SSSR count). The zero-order valence-electron chi connectivity index (χ0n) is 10.2. The summed E-state index contributed by atoms with van der Waals surface area (Å²) in [7, 11) is 1.82. The van der Waals surface area contributed by atoms with Crippen LogP contribution < -0.4 is 0 Å². The third-order valence-electron chi connectivity index (χ3n) is 2.90. The fourth-order valence-corrected chi connectivity index (χ4v) is 2.19. The summed E-state index contributed by atoms with van der Waals surface area (Å²) >= 11 is 0. The van der Waals surface area contributed by atoms with Gasteiger partial charge < -0.3 is 24.5 Å². The molecule has 0 saturated carbocycles. The van der Waals surface area contributed by atoms with Crippen LogP contribution in [0.2, 0.25) is 0 Å². The van der Waals surface area contributed by atoms with Crippen LogP contribution in [0, 0.1) is 15.3 Å². The Morgan fingerprint density at radius 3 is 2.19 bits per heavy atom. The summed E-state index contributed by atoms with van der Waals surface area (Å²) in [5.41, 5.74) is 0. The average molecular weight is 234 g/mol. The van der Waals surface area contributed by atoms with E-state index in [1.807, 2.05) is 7.11 Å². The first kappa shape index (κ1) is 15.1. The van der Waals surface area contributed by atoms with Gasteiger partial charge in [-0.2, -0.15) is 0 Å². The second-order valence-electron chi connectivity index (χ2n) is 4.21. The topological polar surface area (TPSA) is 75.4 Å². The molecule has 1 fully saturated rings. The van der Waals surface area contributed by atoms with Gasteiger partial charge in [0.15, 0.2) is 6.73 Å². The highest BCUT2D eigenvalue weighted by molar-refractivity contribution is 4.52. The molecule has 6 heteroatoms. The molecule has 0 radical (unpaired) electrons. The Morgan fingerprint density at radius 2 is 1.81 bits per heavy atom. The molecule has 0 amide bonds. The molecule has 1 aliphatic heterocycles. The molecule has 96 valence electrons. The van der Waals surface area contributed by atoms with E-state index in [2.05, 4.69) is 6.92 Å². The van der Waals surface area contributed by atoms with Crippen molar-refractivity contribution in [1.82, 2.24) is 0 Å². The molecule has 6 nitrogen and oxygen atoms in total. The van der Waals surface area contributed by atoms with Crippen molar-refractivity contribution in [3.05, 3.63) is 15.3 Å². The first-order valence-corrected chi connectivity index (χ1v) is 5.72. The number of hydrogen-bond acceptors (Lipinski definition) is 4. The van der Waals surface area contributed by atoms with Gasteiger partial charge in [0.05, 0.1) is 24.7 Å². The maximum Gasteiger partial charge on any atom is 0.182 e. The minimum atomic E-state index is -1.75. The van der Waals surface area contributed by atoms with Crippen molar-refractivity contribution in [1.29, 1.82) is 0 Å². The van der Waals surface area contributed by atoms with Crippen LogP contribution in [0.5, 0.6) is 0 Å². The lowest BCUT2D eigenvalue weighted by atomic mass is 10.3. The predicted octanol–water partition coefficient (Wildman–Crippen LogP) is 1.76. The minimum absolute atomic E-state index is 0.931. The number of rotatable bonds is 5. The molecule has 0 N–H and O–H groups in total. The van der Waals surface area contributed by atoms with Crippen LogP contribution in [0.3, 0.4) is 0 Å². The highest BCUT2D eigenvalue weighted by Gasteiger charge is 2.30. The molecule has 0 spiro atoms. The van der Waals surface area contributed by atoms with Gasteiger partial charge in [0.25, 0.3) is 0 Å². The molecule has 1 aliphatic rings. The molecular weight excluding hydrogens is 212 g/mol. The summed E-state index contributed by atoms with van der Waals surface area (Å²) in [6, 6.07) is 0. The van der Waals surface area contributed by atoms with E-state index in [1.54, 1.807) is 0 Å². The second-order valence-corrected chi connectivity index (χ2v) is 4.21. The Balaban J connectivity index is 0.000000487. The van der Waals surface area contributed by atoms with Gasteiger partial charge in [0.2, 0.25) is 0 Å². The van der Waals surface area contributed by atoms with Crippen LogP contribution in [0.4, 0.5) is 0 Å². The van der Waals surface area contributed by atoms with E-state index in [-0.39, 0.29) is 0 Å². The number of likely N-dealkylation sites (tertiary alicyclic amines) is 1. The highest BCUT2D eigenvalue weighted by Crippen LogP contribution is 2.20. The van der Waals surface area contributed by atoms with E-state index in [1.165, 1.54) is 49.8 Å². The summed E-state index contributed by atoms with van der Waals surface area (Å²) < 4.78 is 6.52. The Bertz CT molecular complexity index is 189. The predicted molar refractivity (Wildman–Crippen MR) is 61.2 cm³/mol. The normalized spacial score (nSPS) is 17.6. The van der Waals surface area contributed by atoms with Gasteiger partial charge in [-0.3, -0.25) is 0 Å². The lowest BCUT2D eigenvalue weighted by molar-refractivity contribution is -0.934. The van der Waals surface area contributed by atoms with Gasteiger partial charge >= 0.3 is 0 Å². The minimum Gasteiger partial charge on any atom is -0.356 e. The van der Waals surface area contributed by atoms with Gasteiger partial charge in [-0.05, 0) is 6.42 Å². The third-order valence-corrected chi connectivity index (χ3v) is 2.90. The summed E-state index contributed by atoms with van der Waals surface area (Å²) in [5, 5.41) is 14.8. The van der Waals surface area contributed by atoms with Gasteiger partial charge in [-0.15, -0.1) is 0 Å². The van der Waals surface area contributed by atoms with Crippen LogP contribution >= 0.6 is 0 Å². The lowest BCUT2D eigenvalue weighted by Crippen LogP contribution is -2.47. The zero-order chi connectivity index (χ0) is 12.4. The number of ether oxygens (including phenoxy) is 1. The van der Waals surface area contributed by atoms with Crippen molar-refractivity contribution in [3.8, 4) is 0 Å². The van der Waals surface area contributed by atoms with Gasteiger partial charge in [0, 0.05) is 20.0 Å². The molecule has 1 heterocycles. The first-order valence-electron chi connectivity index (χ1n) is 5.72. The molecular formula is C10H22N2O4. The standard InChI is InChI=1S/C10H22NO.NO3/c1-3-4-7-11(10-12-2)8-5-6-9-11;2-1(3)4/h3-10H2,1-2H3;/q+1;-1. The van der Waals surface area contributed by atoms with Crippen LogP contribution in [0.15, 0.2) is 0 Å². The smallest absolute Gasteiger partial charge is 0.182 e. The van der Waals surface area contributed by atoms with Crippen molar-refractivity contribution >= 4 is 0 Å². The summed E-state index contributed by atoms with van der Waals surface area (Å²) in [5.74, 6) is 0. The number of nitrogens with zero attached hydrogens (tertiary/aromatic N) is 2. The fraction of sp³-hybridized carbons (Fsp3) is 1.00. The van der Waals surface area contributed by atoms with Crippen LogP contribution in [0.25, 0.3) is 0 Å². The zero-order valence-corrected chi connectivity index (χ0v) is 10.2. The third kappa shape index (κ3) is 6.58. The average Bonchev–Trinajstić information content (AvgIpc) is 2.64. The lowest BCUT2D eigenvalue weighted by Gasteiger charge is -2.33. The molecule has 0 aromatic carbocycles. The van der Waals surface area contributed by atoms with E-state index in [4.69, 9.17) is 20.1 Å². The van der Waals surface area contributed by atoms with E-state index < -0.39 is 5.09 Å². The van der Waals surface area contributed by atoms with Crippen LogP contribution in [-0.2, 0) is 4.74 Å². The second kappa shape index (κ2) is 8.29. The first-order chi connectivity index (χ1) is 7.56. The number of quaternary nitrogens is 1. The van der Waals surface area contributed by atoms with Gasteiger partial charge in [-0.25, -0.2) is 0 Å². The molecule has 0 unspecified atom stereocenters. The summed E-state index contributed by atoms with van der Waals surface area (Å²) in [6.07, 6.45) is 5.45. The molecule has 1 saturated heterocycles. The van der Waals surface area contributed by atoms with Crippen molar-refractivity contribution in [3.63, 3.8) is 0 Å². The SMILES string of the molecule is CCCC[N+]1(COC)CCCC1.O=[N+]([O-])[O-]. The Labute approximate surface area is 96.5 Å². The maximum atomic E-state index is 8.25. The largest absolute Gasteiger partial charge is 0.356 e. The van der Waals surface area contributed by atoms with Crippen molar-refractivity contribution in [2.45, 2.75) is 32.6 Å². The quantitative estimate of drug-likeness (QED) is 0.412. The van der Waals surface area contributed by atoms with Crippen molar-refractivity contribution in [2.75, 3.05) is 33.5 Å². The fourth-order valence-electron chi connectivity index (χ4n) is 2.19. The Hall–Kier alpha value is -0.880. The monoisotopic (exact) mass is 234 g/mol. The Kier molecular flexibility index (Phi) is 7.84. The molecule has 0 aromatic rings. The molecule has 0 aliphatic carbocycles. The summed E-state index contributed by atoms with van der Waals surface area (Å²) in [4.78, 5) is 8.25. The Morgan fingerprint density at radius 1 is 1.31 bits per heavy atom.